The molecule has 17 heavy (non-hydrogen) atoms. The van der Waals surface area contributed by atoms with Crippen LogP contribution in [-0.2, 0) is 9.59 Å². The Bertz CT molecular complexity index is 303. The fourth-order valence-electron chi connectivity index (χ4n) is 2.51. The average molecular weight is 256 g/mol. The first-order valence-electron chi connectivity index (χ1n) is 6.34. The molecule has 96 valence electrons. The highest BCUT2D eigenvalue weighted by atomic mass is 32.2. The van der Waals surface area contributed by atoms with E-state index in [0.717, 1.165) is 18.6 Å². The molecule has 0 bridgehead atoms. The summed E-state index contributed by atoms with van der Waals surface area (Å²) in [6, 6.07) is 0.0788. The number of rotatable bonds is 2. The maximum Gasteiger partial charge on any atom is 0.243 e. The number of hydrogen-bond acceptors (Lipinski definition) is 3. The van der Waals surface area contributed by atoms with Gasteiger partial charge in [0.1, 0.15) is 6.04 Å². The molecule has 5 heteroatoms. The molecule has 0 spiro atoms. The number of amides is 2. The highest BCUT2D eigenvalue weighted by Gasteiger charge is 2.33. The molecule has 0 aromatic carbocycles. The molecule has 2 amide bonds. The van der Waals surface area contributed by atoms with Crippen LogP contribution in [0.2, 0.25) is 0 Å². The van der Waals surface area contributed by atoms with E-state index in [2.05, 4.69) is 5.32 Å². The van der Waals surface area contributed by atoms with Crippen molar-refractivity contribution >= 4 is 23.6 Å². The van der Waals surface area contributed by atoms with Crippen molar-refractivity contribution in [1.82, 2.24) is 10.2 Å². The molecule has 1 saturated heterocycles. The van der Waals surface area contributed by atoms with Crippen molar-refractivity contribution in [2.45, 2.75) is 51.1 Å². The Morgan fingerprint density at radius 3 is 2.59 bits per heavy atom. The Balaban J connectivity index is 1.88. The molecule has 1 aliphatic heterocycles. The van der Waals surface area contributed by atoms with E-state index < -0.39 is 0 Å². The Kier molecular flexibility index (Phi) is 4.31. The lowest BCUT2D eigenvalue weighted by molar-refractivity contribution is -0.136. The molecule has 2 fully saturated rings. The van der Waals surface area contributed by atoms with Crippen molar-refractivity contribution in [2.24, 2.45) is 0 Å². The minimum absolute atomic E-state index is 0.00112. The van der Waals surface area contributed by atoms with Crippen LogP contribution < -0.4 is 5.32 Å². The van der Waals surface area contributed by atoms with Gasteiger partial charge >= 0.3 is 0 Å². The third kappa shape index (κ3) is 3.15. The quantitative estimate of drug-likeness (QED) is 0.811. The molecule has 0 radical (unpaired) electrons. The second-order valence-electron chi connectivity index (χ2n) is 4.85. The molecule has 0 aromatic heterocycles. The van der Waals surface area contributed by atoms with Gasteiger partial charge in [0.2, 0.25) is 11.8 Å². The standard InChI is InChI=1S/C12H20N2O2S/c1-9(15)14-8-17-7-11(14)12(16)13-10-5-3-2-4-6-10/h10-11H,2-8H2,1H3,(H,13,16). The number of thioether (sulfide) groups is 1. The minimum atomic E-state index is -0.251. The molecule has 1 N–H and O–H groups in total. The summed E-state index contributed by atoms with van der Waals surface area (Å²) in [6.07, 6.45) is 5.88. The van der Waals surface area contributed by atoms with Gasteiger partial charge in [0.25, 0.3) is 0 Å². The Morgan fingerprint density at radius 1 is 1.24 bits per heavy atom. The summed E-state index contributed by atoms with van der Waals surface area (Å²) in [5, 5.41) is 3.10. The van der Waals surface area contributed by atoms with Crippen molar-refractivity contribution < 1.29 is 9.59 Å². The summed E-state index contributed by atoms with van der Waals surface area (Å²) in [6.45, 7) is 1.53. The Labute approximate surface area is 106 Å². The van der Waals surface area contributed by atoms with Gasteiger partial charge in [-0.3, -0.25) is 9.59 Å². The van der Waals surface area contributed by atoms with Crippen molar-refractivity contribution in [3.63, 3.8) is 0 Å². The summed E-state index contributed by atoms with van der Waals surface area (Å²) in [7, 11) is 0. The average Bonchev–Trinajstić information content (AvgIpc) is 2.79. The van der Waals surface area contributed by atoms with Gasteiger partial charge in [-0.1, -0.05) is 19.3 Å². The fourth-order valence-corrected chi connectivity index (χ4v) is 3.73. The Morgan fingerprint density at radius 2 is 1.94 bits per heavy atom. The first kappa shape index (κ1) is 12.7. The molecule has 4 nitrogen and oxygen atoms in total. The monoisotopic (exact) mass is 256 g/mol. The predicted octanol–water partition coefficient (Wildman–Crippen LogP) is 1.36. The molecule has 2 rings (SSSR count). The van der Waals surface area contributed by atoms with Gasteiger partial charge in [0.15, 0.2) is 0 Å². The lowest BCUT2D eigenvalue weighted by Crippen LogP contribution is -2.49. The number of carbonyl (C=O) groups excluding carboxylic acids is 2. The van der Waals surface area contributed by atoms with E-state index >= 15 is 0 Å². The van der Waals surface area contributed by atoms with Gasteiger partial charge < -0.3 is 10.2 Å². The van der Waals surface area contributed by atoms with Crippen molar-refractivity contribution in [1.29, 1.82) is 0 Å². The maximum absolute atomic E-state index is 12.1. The number of nitrogens with zero attached hydrogens (tertiary/aromatic N) is 1. The molecule has 1 unspecified atom stereocenters. The van der Waals surface area contributed by atoms with Gasteiger partial charge in [-0.2, -0.15) is 0 Å². The molecule has 2 aliphatic rings. The molecule has 1 saturated carbocycles. The SMILES string of the molecule is CC(=O)N1CSCC1C(=O)NC1CCCCC1. The second kappa shape index (κ2) is 5.76. The number of nitrogens with one attached hydrogen (secondary N) is 1. The summed E-state index contributed by atoms with van der Waals surface area (Å²) in [4.78, 5) is 25.2. The lowest BCUT2D eigenvalue weighted by atomic mass is 9.95. The lowest BCUT2D eigenvalue weighted by Gasteiger charge is -2.27. The third-order valence-electron chi connectivity index (χ3n) is 3.54. The Hall–Kier alpha value is -0.710. The topological polar surface area (TPSA) is 49.4 Å². The number of hydrogen-bond donors (Lipinski definition) is 1. The van der Waals surface area contributed by atoms with E-state index in [4.69, 9.17) is 0 Å². The van der Waals surface area contributed by atoms with Crippen LogP contribution in [0.4, 0.5) is 0 Å². The summed E-state index contributed by atoms with van der Waals surface area (Å²) in [5.41, 5.74) is 0. The van der Waals surface area contributed by atoms with Gasteiger partial charge in [-0.05, 0) is 12.8 Å². The summed E-state index contributed by atoms with van der Waals surface area (Å²) in [5.74, 6) is 1.42. The van der Waals surface area contributed by atoms with Crippen LogP contribution in [0.1, 0.15) is 39.0 Å². The highest BCUT2D eigenvalue weighted by Crippen LogP contribution is 2.22. The fraction of sp³-hybridized carbons (Fsp3) is 0.833. The summed E-state index contributed by atoms with van der Waals surface area (Å²) < 4.78 is 0. The normalized spacial score (nSPS) is 25.9. The van der Waals surface area contributed by atoms with Crippen LogP contribution in [0.15, 0.2) is 0 Å². The zero-order valence-electron chi connectivity index (χ0n) is 10.3. The molecule has 1 aliphatic carbocycles. The molecule has 1 atom stereocenters. The van der Waals surface area contributed by atoms with Crippen molar-refractivity contribution in [3.05, 3.63) is 0 Å². The highest BCUT2D eigenvalue weighted by molar-refractivity contribution is 7.99. The van der Waals surface area contributed by atoms with Crippen LogP contribution in [0.5, 0.6) is 0 Å². The van der Waals surface area contributed by atoms with Gasteiger partial charge in [-0.25, -0.2) is 0 Å². The first-order valence-corrected chi connectivity index (χ1v) is 7.49. The van der Waals surface area contributed by atoms with E-state index in [-0.39, 0.29) is 17.9 Å². The zero-order chi connectivity index (χ0) is 12.3. The van der Waals surface area contributed by atoms with E-state index in [1.165, 1.54) is 26.2 Å². The maximum atomic E-state index is 12.1. The molecule has 0 aromatic rings. The predicted molar refractivity (Wildman–Crippen MR) is 68.6 cm³/mol. The minimum Gasteiger partial charge on any atom is -0.352 e. The largest absolute Gasteiger partial charge is 0.352 e. The number of carbonyl (C=O) groups is 2. The third-order valence-corrected chi connectivity index (χ3v) is 4.55. The zero-order valence-corrected chi connectivity index (χ0v) is 11.1. The van der Waals surface area contributed by atoms with Crippen LogP contribution >= 0.6 is 11.8 Å². The van der Waals surface area contributed by atoms with Crippen LogP contribution in [0, 0.1) is 0 Å². The van der Waals surface area contributed by atoms with Crippen LogP contribution in [-0.4, -0.2) is 40.4 Å². The van der Waals surface area contributed by atoms with Gasteiger partial charge in [0.05, 0.1) is 5.88 Å². The van der Waals surface area contributed by atoms with E-state index in [0.29, 0.717) is 11.9 Å². The molecular weight excluding hydrogens is 236 g/mol. The molecular formula is C12H20N2O2S. The summed E-state index contributed by atoms with van der Waals surface area (Å²) >= 11 is 1.65. The van der Waals surface area contributed by atoms with E-state index in [1.54, 1.807) is 16.7 Å². The van der Waals surface area contributed by atoms with Crippen molar-refractivity contribution in [3.8, 4) is 0 Å². The smallest absolute Gasteiger partial charge is 0.243 e. The van der Waals surface area contributed by atoms with Gasteiger partial charge in [-0.15, -0.1) is 11.8 Å². The molecule has 1 heterocycles. The van der Waals surface area contributed by atoms with E-state index in [1.807, 2.05) is 0 Å². The van der Waals surface area contributed by atoms with E-state index in [9.17, 15) is 9.59 Å². The van der Waals surface area contributed by atoms with Crippen LogP contribution in [0.25, 0.3) is 0 Å². The van der Waals surface area contributed by atoms with Gasteiger partial charge in [0, 0.05) is 18.7 Å². The second-order valence-corrected chi connectivity index (χ2v) is 5.85. The van der Waals surface area contributed by atoms with Crippen LogP contribution in [0.3, 0.4) is 0 Å². The van der Waals surface area contributed by atoms with Crippen molar-refractivity contribution in [2.75, 3.05) is 11.6 Å². The first-order chi connectivity index (χ1) is 8.18.